The first-order chi connectivity index (χ1) is 14.2. The van der Waals surface area contributed by atoms with Gasteiger partial charge in [0, 0.05) is 57.0 Å². The molecule has 0 spiro atoms. The molecule has 0 bridgehead atoms. The lowest BCUT2D eigenvalue weighted by Gasteiger charge is -2.42. The Kier molecular flexibility index (Phi) is 6.34. The number of nitrogens with one attached hydrogen (secondary N) is 1. The first-order valence-electron chi connectivity index (χ1n) is 10.6. The molecule has 0 radical (unpaired) electrons. The Labute approximate surface area is 172 Å². The van der Waals surface area contributed by atoms with Crippen molar-refractivity contribution in [1.29, 1.82) is 0 Å². The van der Waals surface area contributed by atoms with Crippen LogP contribution < -0.4 is 10.2 Å². The van der Waals surface area contributed by atoms with Crippen molar-refractivity contribution >= 4 is 11.7 Å². The number of aryl methyl sites for hydroxylation is 1. The zero-order valence-corrected chi connectivity index (χ0v) is 17.1. The Morgan fingerprint density at radius 1 is 1.14 bits per heavy atom. The average molecular weight is 395 g/mol. The number of rotatable bonds is 5. The maximum absolute atomic E-state index is 12.7. The predicted octanol–water partition coefficient (Wildman–Crippen LogP) is 2.18. The van der Waals surface area contributed by atoms with E-state index in [1.165, 1.54) is 0 Å². The Bertz CT molecular complexity index is 806. The van der Waals surface area contributed by atoms with Crippen LogP contribution in [0.4, 0.5) is 5.82 Å². The van der Waals surface area contributed by atoms with Crippen LogP contribution in [0.3, 0.4) is 0 Å². The summed E-state index contributed by atoms with van der Waals surface area (Å²) in [5, 5.41) is 3.10. The number of likely N-dealkylation sites (tertiary alicyclic amines) is 1. The van der Waals surface area contributed by atoms with Crippen molar-refractivity contribution in [3.63, 3.8) is 0 Å². The van der Waals surface area contributed by atoms with E-state index >= 15 is 0 Å². The average Bonchev–Trinajstić information content (AvgIpc) is 2.79. The summed E-state index contributed by atoms with van der Waals surface area (Å²) in [7, 11) is 0. The second kappa shape index (κ2) is 9.31. The Balaban J connectivity index is 1.28. The van der Waals surface area contributed by atoms with Crippen LogP contribution in [0.15, 0.2) is 36.9 Å². The third kappa shape index (κ3) is 4.90. The van der Waals surface area contributed by atoms with E-state index in [-0.39, 0.29) is 11.8 Å². The van der Waals surface area contributed by atoms with Gasteiger partial charge >= 0.3 is 0 Å². The summed E-state index contributed by atoms with van der Waals surface area (Å²) < 4.78 is 0. The third-order valence-corrected chi connectivity index (χ3v) is 6.15. The molecular formula is C22H30N6O. The molecule has 2 fully saturated rings. The lowest BCUT2D eigenvalue weighted by molar-refractivity contribution is -0.127. The topological polar surface area (TPSA) is 74.2 Å². The fourth-order valence-electron chi connectivity index (χ4n) is 4.54. The Hall–Kier alpha value is -2.54. The highest BCUT2D eigenvalue weighted by atomic mass is 16.1. The van der Waals surface area contributed by atoms with Crippen molar-refractivity contribution in [2.75, 3.05) is 31.1 Å². The molecule has 2 aromatic heterocycles. The van der Waals surface area contributed by atoms with Gasteiger partial charge in [0.05, 0.1) is 11.6 Å². The van der Waals surface area contributed by atoms with E-state index in [0.29, 0.717) is 12.6 Å². The number of piperidine rings is 2. The standard InChI is InChI=1S/C22H30N6O/c1-17-21(25-10-9-24-17)27-12-6-20(7-13-27)28-11-3-5-19(16-28)22(29)26-15-18-4-2-8-23-14-18/h2,4,8-10,14,19-20H,3,5-7,11-13,15-16H2,1H3,(H,26,29)/t19-/m1/s1. The molecule has 0 aromatic carbocycles. The summed E-state index contributed by atoms with van der Waals surface area (Å²) >= 11 is 0. The number of nitrogens with zero attached hydrogens (tertiary/aromatic N) is 5. The van der Waals surface area contributed by atoms with Gasteiger partial charge in [-0.3, -0.25) is 19.7 Å². The van der Waals surface area contributed by atoms with Gasteiger partial charge < -0.3 is 10.2 Å². The molecular weight excluding hydrogens is 364 g/mol. The fourth-order valence-corrected chi connectivity index (χ4v) is 4.54. The van der Waals surface area contributed by atoms with Gasteiger partial charge in [-0.15, -0.1) is 0 Å². The minimum Gasteiger partial charge on any atom is -0.355 e. The molecule has 154 valence electrons. The minimum absolute atomic E-state index is 0.0840. The van der Waals surface area contributed by atoms with Gasteiger partial charge in [0.15, 0.2) is 0 Å². The summed E-state index contributed by atoms with van der Waals surface area (Å²) in [6.07, 6.45) is 11.4. The quantitative estimate of drug-likeness (QED) is 0.838. The number of aromatic nitrogens is 3. The molecule has 0 unspecified atom stereocenters. The fraction of sp³-hybridized carbons (Fsp3) is 0.545. The highest BCUT2D eigenvalue weighted by Gasteiger charge is 2.32. The van der Waals surface area contributed by atoms with Crippen LogP contribution in [0.1, 0.15) is 36.9 Å². The van der Waals surface area contributed by atoms with E-state index in [1.54, 1.807) is 24.8 Å². The maximum atomic E-state index is 12.7. The Morgan fingerprint density at radius 3 is 2.72 bits per heavy atom. The molecule has 4 heterocycles. The molecule has 2 saturated heterocycles. The van der Waals surface area contributed by atoms with Crippen LogP contribution in [0.25, 0.3) is 0 Å². The predicted molar refractivity (Wildman–Crippen MR) is 112 cm³/mol. The number of carbonyl (C=O) groups excluding carboxylic acids is 1. The summed E-state index contributed by atoms with van der Waals surface area (Å²) in [5.41, 5.74) is 2.04. The molecule has 7 nitrogen and oxygen atoms in total. The molecule has 2 aromatic rings. The summed E-state index contributed by atoms with van der Waals surface area (Å²) in [6.45, 7) is 6.54. The zero-order chi connectivity index (χ0) is 20.1. The molecule has 0 saturated carbocycles. The van der Waals surface area contributed by atoms with E-state index in [0.717, 1.165) is 68.9 Å². The molecule has 7 heteroatoms. The summed E-state index contributed by atoms with van der Waals surface area (Å²) in [5.74, 6) is 1.27. The first-order valence-corrected chi connectivity index (χ1v) is 10.6. The van der Waals surface area contributed by atoms with E-state index in [9.17, 15) is 4.79 Å². The molecule has 4 rings (SSSR count). The maximum Gasteiger partial charge on any atom is 0.224 e. The van der Waals surface area contributed by atoms with Crippen LogP contribution in [0.5, 0.6) is 0 Å². The number of carbonyl (C=O) groups is 1. The highest BCUT2D eigenvalue weighted by Crippen LogP contribution is 2.26. The second-order valence-corrected chi connectivity index (χ2v) is 8.10. The van der Waals surface area contributed by atoms with Crippen molar-refractivity contribution in [3.8, 4) is 0 Å². The minimum atomic E-state index is 0.0840. The molecule has 2 aliphatic heterocycles. The molecule has 0 aliphatic carbocycles. The lowest BCUT2D eigenvalue weighted by Crippen LogP contribution is -2.51. The number of hydrogen-bond acceptors (Lipinski definition) is 6. The van der Waals surface area contributed by atoms with Gasteiger partial charge in [-0.25, -0.2) is 4.98 Å². The molecule has 1 amide bonds. The van der Waals surface area contributed by atoms with E-state index < -0.39 is 0 Å². The van der Waals surface area contributed by atoms with Crippen LogP contribution in [0, 0.1) is 12.8 Å². The second-order valence-electron chi connectivity index (χ2n) is 8.10. The van der Waals surface area contributed by atoms with E-state index in [2.05, 4.69) is 30.1 Å². The van der Waals surface area contributed by atoms with Crippen molar-refractivity contribution in [3.05, 3.63) is 48.2 Å². The lowest BCUT2D eigenvalue weighted by atomic mass is 9.93. The van der Waals surface area contributed by atoms with Gasteiger partial charge in [-0.2, -0.15) is 0 Å². The SMILES string of the molecule is Cc1nccnc1N1CCC(N2CCC[C@@H](C(=O)NCc3cccnc3)C2)CC1. The highest BCUT2D eigenvalue weighted by molar-refractivity contribution is 5.78. The monoisotopic (exact) mass is 394 g/mol. The van der Waals surface area contributed by atoms with Crippen molar-refractivity contribution in [2.24, 2.45) is 5.92 Å². The number of hydrogen-bond donors (Lipinski definition) is 1. The smallest absolute Gasteiger partial charge is 0.224 e. The molecule has 29 heavy (non-hydrogen) atoms. The molecule has 1 atom stereocenters. The van der Waals surface area contributed by atoms with Crippen molar-refractivity contribution in [1.82, 2.24) is 25.2 Å². The third-order valence-electron chi connectivity index (χ3n) is 6.15. The summed E-state index contributed by atoms with van der Waals surface area (Å²) in [6, 6.07) is 4.45. The number of amides is 1. The largest absolute Gasteiger partial charge is 0.355 e. The van der Waals surface area contributed by atoms with Crippen molar-refractivity contribution < 1.29 is 4.79 Å². The van der Waals surface area contributed by atoms with Gasteiger partial charge in [0.25, 0.3) is 0 Å². The van der Waals surface area contributed by atoms with Gasteiger partial charge in [-0.1, -0.05) is 6.07 Å². The van der Waals surface area contributed by atoms with Gasteiger partial charge in [0.2, 0.25) is 5.91 Å². The van der Waals surface area contributed by atoms with Crippen LogP contribution in [-0.2, 0) is 11.3 Å². The zero-order valence-electron chi connectivity index (χ0n) is 17.1. The van der Waals surface area contributed by atoms with E-state index in [4.69, 9.17) is 0 Å². The normalized spacial score (nSPS) is 21.1. The number of pyridine rings is 1. The Morgan fingerprint density at radius 2 is 1.97 bits per heavy atom. The number of anilines is 1. The van der Waals surface area contributed by atoms with Crippen LogP contribution >= 0.6 is 0 Å². The molecule has 2 aliphatic rings. The van der Waals surface area contributed by atoms with Crippen LogP contribution in [0.2, 0.25) is 0 Å². The van der Waals surface area contributed by atoms with Gasteiger partial charge in [-0.05, 0) is 50.8 Å². The van der Waals surface area contributed by atoms with Crippen molar-refractivity contribution in [2.45, 2.75) is 45.2 Å². The van der Waals surface area contributed by atoms with Gasteiger partial charge in [0.1, 0.15) is 5.82 Å². The molecule has 1 N–H and O–H groups in total. The first kappa shape index (κ1) is 19.8. The summed E-state index contributed by atoms with van der Waals surface area (Å²) in [4.78, 5) is 30.6. The van der Waals surface area contributed by atoms with E-state index in [1.807, 2.05) is 19.1 Å². The van der Waals surface area contributed by atoms with Crippen LogP contribution in [-0.4, -0.2) is 58.0 Å².